The smallest absolute Gasteiger partial charge is 0.306 e. The van der Waals surface area contributed by atoms with Gasteiger partial charge in [-0.05, 0) is 44.9 Å². The van der Waals surface area contributed by atoms with Gasteiger partial charge in [-0.2, -0.15) is 0 Å². The summed E-state index contributed by atoms with van der Waals surface area (Å²) < 4.78 is 33.8. The van der Waals surface area contributed by atoms with Gasteiger partial charge in [0.05, 0.1) is 33.9 Å². The van der Waals surface area contributed by atoms with Crippen LogP contribution in [-0.2, 0) is 32.7 Å². The Balaban J connectivity index is 4.54. The summed E-state index contributed by atoms with van der Waals surface area (Å²) >= 11 is 0. The number of carbonyl (C=O) groups is 2. The first-order valence-electron chi connectivity index (χ1n) is 21.6. The molecule has 2 unspecified atom stereocenters. The fourth-order valence-electron chi connectivity index (χ4n) is 5.48. The number of allylic oxidation sites excluding steroid dienone is 8. The van der Waals surface area contributed by atoms with Gasteiger partial charge in [0, 0.05) is 12.8 Å². The average molecular weight is 810 g/mol. The van der Waals surface area contributed by atoms with Crippen molar-refractivity contribution in [1.82, 2.24) is 0 Å². The lowest BCUT2D eigenvalue weighted by atomic mass is 10.0. The molecule has 0 aromatic rings. The Morgan fingerprint density at radius 3 is 1.88 bits per heavy atom. The molecule has 3 atom stereocenters. The van der Waals surface area contributed by atoms with Crippen LogP contribution in [0.2, 0.25) is 0 Å². The summed E-state index contributed by atoms with van der Waals surface area (Å²) in [7, 11) is 1.08. The molecule has 0 bridgehead atoms. The second-order valence-corrected chi connectivity index (χ2v) is 16.9. The zero-order chi connectivity index (χ0) is 41.6. The molecule has 56 heavy (non-hydrogen) atoms. The van der Waals surface area contributed by atoms with E-state index in [0.29, 0.717) is 43.1 Å². The molecule has 10 nitrogen and oxygen atoms in total. The topological polar surface area (TPSA) is 131 Å². The minimum absolute atomic E-state index is 0.0541. The van der Waals surface area contributed by atoms with Crippen molar-refractivity contribution in [2.45, 2.75) is 167 Å². The van der Waals surface area contributed by atoms with Gasteiger partial charge < -0.3 is 33.0 Å². The second kappa shape index (κ2) is 37.0. The number of aliphatic hydroxyl groups is 1. The number of carbonyl (C=O) groups excluding carboxylic acids is 2. The number of rotatable bonds is 38. The first kappa shape index (κ1) is 53.7. The zero-order valence-corrected chi connectivity index (χ0v) is 36.8. The number of aliphatic hydroxyl groups excluding tert-OH is 1. The van der Waals surface area contributed by atoms with E-state index in [2.05, 4.69) is 32.1 Å². The molecular weight excluding hydrogens is 729 g/mol. The van der Waals surface area contributed by atoms with Gasteiger partial charge in [-0.1, -0.05) is 158 Å². The molecule has 0 saturated heterocycles. The number of esters is 2. The van der Waals surface area contributed by atoms with Gasteiger partial charge in [0.2, 0.25) is 0 Å². The number of hydrogen-bond acceptors (Lipinski definition) is 9. The highest BCUT2D eigenvalue weighted by Crippen LogP contribution is 2.38. The van der Waals surface area contributed by atoms with E-state index < -0.39 is 38.6 Å². The molecule has 0 heterocycles. The maximum Gasteiger partial charge on any atom is 0.306 e. The number of hydrogen-bond donors (Lipinski definition) is 1. The molecule has 1 N–H and O–H groups in total. The standard InChI is InChI=1S/C45H80NO9P/c1-6-8-10-12-14-15-16-17-18-19-20-24-28-32-36-44(48)52-40-43(41-54-56(50,51)53-39-38-46(3,4)5)55-45(49)37-33-29-25-22-21-23-27-31-35-42(47)34-30-26-13-11-9-7-2/h9,11,22-23,25-27,30-31,35,42-43,47H,6-8,10,12-21,24,28-29,32-34,36-41H2,1-5H3/b11-9-,25-22-,27-23-,30-26-,35-31+/t42?,43-/m1/s1. The van der Waals surface area contributed by atoms with Crippen molar-refractivity contribution in [3.8, 4) is 0 Å². The van der Waals surface area contributed by atoms with Crippen LogP contribution in [-0.4, -0.2) is 81.2 Å². The van der Waals surface area contributed by atoms with E-state index in [4.69, 9.17) is 18.5 Å². The third kappa shape index (κ3) is 39.9. The molecule has 0 aromatic heterocycles. The van der Waals surface area contributed by atoms with Crippen molar-refractivity contribution >= 4 is 19.8 Å². The van der Waals surface area contributed by atoms with Gasteiger partial charge in [-0.15, -0.1) is 0 Å². The van der Waals surface area contributed by atoms with E-state index in [1.54, 1.807) is 6.08 Å². The van der Waals surface area contributed by atoms with E-state index in [1.807, 2.05) is 57.6 Å². The maximum absolute atomic E-state index is 12.6. The number of quaternary nitrogens is 1. The van der Waals surface area contributed by atoms with Crippen LogP contribution in [0.25, 0.3) is 0 Å². The van der Waals surface area contributed by atoms with E-state index >= 15 is 0 Å². The molecule has 0 aliphatic rings. The Hall–Kier alpha value is -2.33. The van der Waals surface area contributed by atoms with Crippen LogP contribution < -0.4 is 4.89 Å². The third-order valence-electron chi connectivity index (χ3n) is 8.88. The number of nitrogens with zero attached hydrogens (tertiary/aromatic N) is 1. The molecule has 0 fully saturated rings. The monoisotopic (exact) mass is 810 g/mol. The first-order valence-corrected chi connectivity index (χ1v) is 23.1. The van der Waals surface area contributed by atoms with Crippen LogP contribution in [0.4, 0.5) is 0 Å². The van der Waals surface area contributed by atoms with E-state index in [-0.39, 0.29) is 26.1 Å². The average Bonchev–Trinajstić information content (AvgIpc) is 3.14. The molecule has 0 amide bonds. The van der Waals surface area contributed by atoms with Crippen molar-refractivity contribution in [3.63, 3.8) is 0 Å². The van der Waals surface area contributed by atoms with Crippen LogP contribution in [0.3, 0.4) is 0 Å². The first-order chi connectivity index (χ1) is 26.9. The summed E-state index contributed by atoms with van der Waals surface area (Å²) in [6, 6.07) is 0. The molecule has 0 radical (unpaired) electrons. The van der Waals surface area contributed by atoms with Crippen LogP contribution in [0.5, 0.6) is 0 Å². The number of phosphoric acid groups is 1. The number of likely N-dealkylation sites (N-methyl/N-ethyl adjacent to an activating group) is 1. The predicted molar refractivity (Wildman–Crippen MR) is 228 cm³/mol. The Morgan fingerprint density at radius 2 is 1.25 bits per heavy atom. The summed E-state index contributed by atoms with van der Waals surface area (Å²) in [5.74, 6) is -0.943. The van der Waals surface area contributed by atoms with Crippen molar-refractivity contribution in [2.75, 3.05) is 47.5 Å². The highest BCUT2D eigenvalue weighted by atomic mass is 31.2. The number of unbranched alkanes of at least 4 members (excludes halogenated alkanes) is 14. The van der Waals surface area contributed by atoms with Gasteiger partial charge >= 0.3 is 11.9 Å². The molecular formula is C45H80NO9P. The van der Waals surface area contributed by atoms with E-state index in [1.165, 1.54) is 70.6 Å². The molecule has 0 aromatic carbocycles. The van der Waals surface area contributed by atoms with E-state index in [0.717, 1.165) is 25.7 Å². The zero-order valence-electron chi connectivity index (χ0n) is 35.9. The van der Waals surface area contributed by atoms with Crippen LogP contribution in [0.1, 0.15) is 155 Å². The summed E-state index contributed by atoms with van der Waals surface area (Å²) in [6.07, 6.45) is 40.0. The van der Waals surface area contributed by atoms with Crippen molar-refractivity contribution in [1.29, 1.82) is 0 Å². The lowest BCUT2D eigenvalue weighted by Gasteiger charge is -2.28. The fraction of sp³-hybridized carbons (Fsp3) is 0.733. The molecule has 11 heteroatoms. The van der Waals surface area contributed by atoms with Crippen molar-refractivity contribution in [3.05, 3.63) is 60.8 Å². The van der Waals surface area contributed by atoms with Crippen LogP contribution in [0.15, 0.2) is 60.8 Å². The Labute approximate surface area is 341 Å². The predicted octanol–water partition coefficient (Wildman–Crippen LogP) is 10.4. The quantitative estimate of drug-likeness (QED) is 0.0162. The SMILES string of the molecule is CC/C=C\C/C=C\CC(O)/C=C/C=C\C/C=C\CCCC(=O)O[C@H](COC(=O)CCCCCCCCCCCCCCCC)COP(=O)([O-])OCC[N+](C)(C)C. The fourth-order valence-corrected chi connectivity index (χ4v) is 6.21. The third-order valence-corrected chi connectivity index (χ3v) is 9.85. The maximum atomic E-state index is 12.6. The largest absolute Gasteiger partial charge is 0.756 e. The second-order valence-electron chi connectivity index (χ2n) is 15.5. The molecule has 0 spiro atoms. The van der Waals surface area contributed by atoms with Gasteiger partial charge in [-0.3, -0.25) is 14.2 Å². The minimum atomic E-state index is -4.65. The highest BCUT2D eigenvalue weighted by Gasteiger charge is 2.21. The van der Waals surface area contributed by atoms with Crippen LogP contribution in [0, 0.1) is 0 Å². The van der Waals surface area contributed by atoms with Crippen molar-refractivity contribution in [2.24, 2.45) is 0 Å². The van der Waals surface area contributed by atoms with Crippen LogP contribution >= 0.6 is 7.82 Å². The molecule has 0 saturated carbocycles. The molecule has 324 valence electrons. The number of ether oxygens (including phenoxy) is 2. The Kier molecular flexibility index (Phi) is 35.4. The van der Waals surface area contributed by atoms with Gasteiger partial charge in [-0.25, -0.2) is 0 Å². The summed E-state index contributed by atoms with van der Waals surface area (Å²) in [4.78, 5) is 37.5. The lowest BCUT2D eigenvalue weighted by molar-refractivity contribution is -0.870. The van der Waals surface area contributed by atoms with Gasteiger partial charge in [0.25, 0.3) is 7.82 Å². The molecule has 0 aliphatic carbocycles. The molecule has 0 rings (SSSR count). The lowest BCUT2D eigenvalue weighted by Crippen LogP contribution is -2.37. The summed E-state index contributed by atoms with van der Waals surface area (Å²) in [5.41, 5.74) is 0. The Bertz CT molecular complexity index is 1160. The normalized spacial score (nSPS) is 14.8. The highest BCUT2D eigenvalue weighted by molar-refractivity contribution is 7.45. The summed E-state index contributed by atoms with van der Waals surface area (Å²) in [6.45, 7) is 3.94. The van der Waals surface area contributed by atoms with E-state index in [9.17, 15) is 24.2 Å². The van der Waals surface area contributed by atoms with Gasteiger partial charge in [0.15, 0.2) is 6.10 Å². The minimum Gasteiger partial charge on any atom is -0.756 e. The van der Waals surface area contributed by atoms with Crippen molar-refractivity contribution < 1.29 is 47.2 Å². The number of phosphoric ester groups is 1. The van der Waals surface area contributed by atoms with Gasteiger partial charge in [0.1, 0.15) is 19.8 Å². The Morgan fingerprint density at radius 1 is 0.679 bits per heavy atom. The molecule has 0 aliphatic heterocycles. The summed E-state index contributed by atoms with van der Waals surface area (Å²) in [5, 5.41) is 10.0.